The van der Waals surface area contributed by atoms with Crippen LogP contribution in [-0.4, -0.2) is 11.6 Å². The van der Waals surface area contributed by atoms with Crippen molar-refractivity contribution in [3.05, 3.63) is 95.6 Å². The van der Waals surface area contributed by atoms with Gasteiger partial charge in [0.15, 0.2) is 0 Å². The number of carbonyl (C=O) groups excluding carboxylic acids is 1. The largest absolute Gasteiger partial charge is 0.361 e. The molecular weight excluding hydrogens is 320 g/mol. The van der Waals surface area contributed by atoms with Crippen molar-refractivity contribution in [3.63, 3.8) is 0 Å². The van der Waals surface area contributed by atoms with Gasteiger partial charge in [-0.1, -0.05) is 54.6 Å². The van der Waals surface area contributed by atoms with E-state index in [0.29, 0.717) is 0 Å². The summed E-state index contributed by atoms with van der Waals surface area (Å²) in [4.78, 5) is 15.5. The first kappa shape index (κ1) is 15.2. The van der Waals surface area contributed by atoms with Crippen LogP contribution < -0.4 is 10.2 Å². The summed E-state index contributed by atoms with van der Waals surface area (Å²) in [5, 5.41) is 3.74. The fourth-order valence-electron chi connectivity index (χ4n) is 4.36. The van der Waals surface area contributed by atoms with E-state index >= 15 is 0 Å². The molecule has 1 amide bonds. The zero-order valence-electron chi connectivity index (χ0n) is 14.5. The lowest BCUT2D eigenvalue weighted by molar-refractivity contribution is 0.0948. The van der Waals surface area contributed by atoms with E-state index in [1.54, 1.807) is 0 Å². The van der Waals surface area contributed by atoms with E-state index in [2.05, 4.69) is 29.6 Å². The Morgan fingerprint density at radius 2 is 1.50 bits per heavy atom. The van der Waals surface area contributed by atoms with Crippen LogP contribution in [0.3, 0.4) is 0 Å². The summed E-state index contributed by atoms with van der Waals surface area (Å²) in [7, 11) is 0. The van der Waals surface area contributed by atoms with Crippen LogP contribution in [0.25, 0.3) is 0 Å². The SMILES string of the molecule is O=C1c2ccccc2N[C@]2(CCc3ccccc3C2)N1c1ccccc1. The summed E-state index contributed by atoms with van der Waals surface area (Å²) < 4.78 is 0. The second-order valence-corrected chi connectivity index (χ2v) is 7.12. The number of hydrogen-bond donors (Lipinski definition) is 1. The highest BCUT2D eigenvalue weighted by Gasteiger charge is 2.47. The molecule has 26 heavy (non-hydrogen) atoms. The van der Waals surface area contributed by atoms with Crippen molar-refractivity contribution >= 4 is 17.3 Å². The molecule has 0 fully saturated rings. The van der Waals surface area contributed by atoms with E-state index in [9.17, 15) is 4.79 Å². The lowest BCUT2D eigenvalue weighted by atomic mass is 9.80. The average molecular weight is 340 g/mol. The van der Waals surface area contributed by atoms with E-state index < -0.39 is 5.66 Å². The van der Waals surface area contributed by atoms with Gasteiger partial charge in [0.25, 0.3) is 5.91 Å². The van der Waals surface area contributed by atoms with Gasteiger partial charge in [-0.15, -0.1) is 0 Å². The van der Waals surface area contributed by atoms with Gasteiger partial charge in [0.05, 0.1) is 5.56 Å². The molecule has 1 spiro atoms. The van der Waals surface area contributed by atoms with E-state index in [0.717, 1.165) is 36.2 Å². The molecule has 0 saturated carbocycles. The first-order chi connectivity index (χ1) is 12.8. The van der Waals surface area contributed by atoms with Gasteiger partial charge in [0.2, 0.25) is 0 Å². The molecule has 5 rings (SSSR count). The van der Waals surface area contributed by atoms with Crippen molar-refractivity contribution in [3.8, 4) is 0 Å². The van der Waals surface area contributed by atoms with Crippen molar-refractivity contribution in [2.24, 2.45) is 0 Å². The molecule has 0 radical (unpaired) electrons. The fourth-order valence-corrected chi connectivity index (χ4v) is 4.36. The Hall–Kier alpha value is -3.07. The van der Waals surface area contributed by atoms with Crippen LogP contribution in [0.1, 0.15) is 27.9 Å². The Morgan fingerprint density at radius 1 is 0.808 bits per heavy atom. The fraction of sp³-hybridized carbons (Fsp3) is 0.174. The first-order valence-electron chi connectivity index (χ1n) is 9.10. The van der Waals surface area contributed by atoms with E-state index in [-0.39, 0.29) is 5.91 Å². The minimum Gasteiger partial charge on any atom is -0.361 e. The first-order valence-corrected chi connectivity index (χ1v) is 9.10. The summed E-state index contributed by atoms with van der Waals surface area (Å²) in [5.74, 6) is 0.0740. The van der Waals surface area contributed by atoms with Gasteiger partial charge < -0.3 is 5.32 Å². The number of nitrogens with one attached hydrogen (secondary N) is 1. The van der Waals surface area contributed by atoms with Crippen LogP contribution in [0.15, 0.2) is 78.9 Å². The molecule has 1 aliphatic heterocycles. The number of benzene rings is 3. The predicted molar refractivity (Wildman–Crippen MR) is 105 cm³/mol. The topological polar surface area (TPSA) is 32.3 Å². The summed E-state index contributed by atoms with van der Waals surface area (Å²) in [6, 6.07) is 26.4. The van der Waals surface area contributed by atoms with Crippen molar-refractivity contribution in [1.82, 2.24) is 0 Å². The molecule has 0 saturated heterocycles. The number of hydrogen-bond acceptors (Lipinski definition) is 2. The Balaban J connectivity index is 1.68. The van der Waals surface area contributed by atoms with Crippen LogP contribution >= 0.6 is 0 Å². The van der Waals surface area contributed by atoms with E-state index in [1.165, 1.54) is 11.1 Å². The van der Waals surface area contributed by atoms with Crippen LogP contribution in [0.4, 0.5) is 11.4 Å². The molecule has 3 aromatic rings. The van der Waals surface area contributed by atoms with Gasteiger partial charge in [-0.25, -0.2) is 0 Å². The van der Waals surface area contributed by atoms with Crippen LogP contribution in [0.2, 0.25) is 0 Å². The number of amides is 1. The highest BCUT2D eigenvalue weighted by molar-refractivity contribution is 6.12. The minimum absolute atomic E-state index is 0.0740. The Bertz CT molecular complexity index is 982. The number of aryl methyl sites for hydroxylation is 1. The number of carbonyl (C=O) groups is 1. The Morgan fingerprint density at radius 3 is 2.35 bits per heavy atom. The van der Waals surface area contributed by atoms with Gasteiger partial charge in [0, 0.05) is 17.8 Å². The molecule has 1 N–H and O–H groups in total. The molecule has 3 aromatic carbocycles. The summed E-state index contributed by atoms with van der Waals surface area (Å²) in [5.41, 5.74) is 4.89. The van der Waals surface area contributed by atoms with Crippen LogP contribution in [0, 0.1) is 0 Å². The van der Waals surface area contributed by atoms with Crippen LogP contribution in [-0.2, 0) is 12.8 Å². The molecule has 2 aliphatic rings. The second-order valence-electron chi connectivity index (χ2n) is 7.12. The molecule has 0 aromatic heterocycles. The number of rotatable bonds is 1. The average Bonchev–Trinajstić information content (AvgIpc) is 2.69. The van der Waals surface area contributed by atoms with Crippen molar-refractivity contribution in [1.29, 1.82) is 0 Å². The Kier molecular flexibility index (Phi) is 3.35. The lowest BCUT2D eigenvalue weighted by Crippen LogP contribution is -2.63. The smallest absolute Gasteiger partial charge is 0.262 e. The summed E-state index contributed by atoms with van der Waals surface area (Å²) >= 11 is 0. The number of nitrogens with zero attached hydrogens (tertiary/aromatic N) is 1. The second kappa shape index (κ2) is 5.73. The van der Waals surface area contributed by atoms with E-state index in [4.69, 9.17) is 0 Å². The molecular formula is C23H20N2O. The minimum atomic E-state index is -0.429. The quantitative estimate of drug-likeness (QED) is 0.700. The Labute approximate surface area is 153 Å². The molecule has 128 valence electrons. The molecule has 0 bridgehead atoms. The van der Waals surface area contributed by atoms with Gasteiger partial charge in [-0.05, 0) is 48.2 Å². The molecule has 1 atom stereocenters. The standard InChI is InChI=1S/C23H20N2O/c26-22-20-12-6-7-13-21(20)24-23(25(22)19-10-2-1-3-11-19)15-14-17-8-4-5-9-18(17)16-23/h1-13,24H,14-16H2/t23-/m1/s1. The third kappa shape index (κ3) is 2.24. The monoisotopic (exact) mass is 340 g/mol. The van der Waals surface area contributed by atoms with Gasteiger partial charge >= 0.3 is 0 Å². The number of para-hydroxylation sites is 2. The van der Waals surface area contributed by atoms with Gasteiger partial charge in [-0.3, -0.25) is 9.69 Å². The molecule has 1 aliphatic carbocycles. The molecule has 3 nitrogen and oxygen atoms in total. The zero-order valence-corrected chi connectivity index (χ0v) is 14.5. The van der Waals surface area contributed by atoms with E-state index in [1.807, 2.05) is 59.5 Å². The third-order valence-electron chi connectivity index (χ3n) is 5.58. The maximum absolute atomic E-state index is 13.5. The predicted octanol–water partition coefficient (Wildman–Crippen LogP) is 4.64. The highest BCUT2D eigenvalue weighted by atomic mass is 16.2. The van der Waals surface area contributed by atoms with Gasteiger partial charge in [-0.2, -0.15) is 0 Å². The number of fused-ring (bicyclic) bond motifs is 2. The van der Waals surface area contributed by atoms with Crippen LogP contribution in [0.5, 0.6) is 0 Å². The molecule has 0 unspecified atom stereocenters. The maximum atomic E-state index is 13.5. The number of anilines is 2. The maximum Gasteiger partial charge on any atom is 0.262 e. The summed E-state index contributed by atoms with van der Waals surface area (Å²) in [6.45, 7) is 0. The lowest BCUT2D eigenvalue weighted by Gasteiger charge is -2.50. The zero-order chi connectivity index (χ0) is 17.6. The highest BCUT2D eigenvalue weighted by Crippen LogP contribution is 2.42. The normalized spacial score (nSPS) is 21.1. The van der Waals surface area contributed by atoms with Gasteiger partial charge in [0.1, 0.15) is 5.66 Å². The molecule has 3 heteroatoms. The van der Waals surface area contributed by atoms with Crippen molar-refractivity contribution < 1.29 is 4.79 Å². The molecule has 1 heterocycles. The summed E-state index contributed by atoms with van der Waals surface area (Å²) in [6.07, 6.45) is 2.65. The van der Waals surface area contributed by atoms with Crippen molar-refractivity contribution in [2.45, 2.75) is 24.9 Å². The third-order valence-corrected chi connectivity index (χ3v) is 5.58. The van der Waals surface area contributed by atoms with Crippen molar-refractivity contribution in [2.75, 3.05) is 10.2 Å².